The molecule has 0 radical (unpaired) electrons. The van der Waals surface area contributed by atoms with Crippen LogP contribution >= 0.6 is 0 Å². The van der Waals surface area contributed by atoms with Crippen molar-refractivity contribution in [1.29, 1.82) is 0 Å². The summed E-state index contributed by atoms with van der Waals surface area (Å²) >= 11 is 0. The van der Waals surface area contributed by atoms with E-state index in [9.17, 15) is 19.2 Å². The first-order chi connectivity index (χ1) is 17.4. The second-order valence-electron chi connectivity index (χ2n) is 9.65. The minimum absolute atomic E-state index is 0.0411. The zero-order chi connectivity index (χ0) is 25.5. The van der Waals surface area contributed by atoms with Crippen LogP contribution in [0, 0.1) is 0 Å². The number of para-hydroxylation sites is 1. The summed E-state index contributed by atoms with van der Waals surface area (Å²) in [4.78, 5) is 54.1. The van der Waals surface area contributed by atoms with Gasteiger partial charge in [-0.25, -0.2) is 0 Å². The summed E-state index contributed by atoms with van der Waals surface area (Å²) in [5.74, 6) is -1.66. The summed E-state index contributed by atoms with van der Waals surface area (Å²) < 4.78 is 0. The fraction of sp³-hybridized carbons (Fsp3) is 0.429. The van der Waals surface area contributed by atoms with E-state index in [4.69, 9.17) is 5.73 Å². The molecule has 4 amide bonds. The Bertz CT molecular complexity index is 1100. The summed E-state index contributed by atoms with van der Waals surface area (Å²) in [6.45, 7) is 0. The number of carbonyl (C=O) groups is 4. The summed E-state index contributed by atoms with van der Waals surface area (Å²) in [6, 6.07) is 14.7. The van der Waals surface area contributed by atoms with E-state index in [1.165, 1.54) is 4.90 Å². The number of primary amides is 1. The van der Waals surface area contributed by atoms with Crippen LogP contribution in [0.5, 0.6) is 0 Å². The number of fused-ring (bicyclic) bond motifs is 1. The van der Waals surface area contributed by atoms with Crippen molar-refractivity contribution in [1.82, 2.24) is 10.2 Å². The Labute approximate surface area is 211 Å². The van der Waals surface area contributed by atoms with E-state index < -0.39 is 29.8 Å². The molecule has 1 aliphatic heterocycles. The Morgan fingerprint density at radius 2 is 1.69 bits per heavy atom. The van der Waals surface area contributed by atoms with Crippen LogP contribution in [0.25, 0.3) is 0 Å². The van der Waals surface area contributed by atoms with Crippen molar-refractivity contribution in [2.24, 2.45) is 5.73 Å². The van der Waals surface area contributed by atoms with E-state index >= 15 is 0 Å². The SMILES string of the molecule is NC(=O)CCC1C(=O)Nc2ccccc2C(=O)N1C(CCc1ccccc1)C(=O)NC1CCCCC1. The van der Waals surface area contributed by atoms with Gasteiger partial charge in [0.05, 0.1) is 11.3 Å². The summed E-state index contributed by atoms with van der Waals surface area (Å²) in [5.41, 5.74) is 7.15. The van der Waals surface area contributed by atoms with Gasteiger partial charge in [0.1, 0.15) is 12.1 Å². The molecule has 2 atom stereocenters. The van der Waals surface area contributed by atoms with Crippen LogP contribution < -0.4 is 16.4 Å². The van der Waals surface area contributed by atoms with Gasteiger partial charge in [-0.3, -0.25) is 19.2 Å². The Morgan fingerprint density at radius 3 is 2.42 bits per heavy atom. The third kappa shape index (κ3) is 6.11. The van der Waals surface area contributed by atoms with Gasteiger partial charge in [0.25, 0.3) is 5.91 Å². The number of anilines is 1. The minimum atomic E-state index is -1.00. The molecule has 2 aromatic carbocycles. The lowest BCUT2D eigenvalue weighted by molar-refractivity contribution is -0.130. The molecule has 8 heteroatoms. The molecule has 0 spiro atoms. The molecule has 1 saturated carbocycles. The zero-order valence-corrected chi connectivity index (χ0v) is 20.4. The van der Waals surface area contributed by atoms with Crippen LogP contribution in [-0.4, -0.2) is 46.7 Å². The monoisotopic (exact) mass is 490 g/mol. The second kappa shape index (κ2) is 11.8. The highest BCUT2D eigenvalue weighted by Crippen LogP contribution is 2.28. The van der Waals surface area contributed by atoms with Gasteiger partial charge in [0.2, 0.25) is 17.7 Å². The van der Waals surface area contributed by atoms with Crippen LogP contribution in [0.2, 0.25) is 0 Å². The van der Waals surface area contributed by atoms with E-state index in [-0.39, 0.29) is 24.8 Å². The molecule has 0 bridgehead atoms. The molecule has 2 unspecified atom stereocenters. The lowest BCUT2D eigenvalue weighted by Gasteiger charge is -2.36. The molecule has 8 nitrogen and oxygen atoms in total. The number of nitrogens with two attached hydrogens (primary N) is 1. The minimum Gasteiger partial charge on any atom is -0.370 e. The molecule has 4 rings (SSSR count). The van der Waals surface area contributed by atoms with E-state index in [0.29, 0.717) is 24.1 Å². The Balaban J connectivity index is 1.70. The lowest BCUT2D eigenvalue weighted by Crippen LogP contribution is -2.57. The first-order valence-corrected chi connectivity index (χ1v) is 12.8. The van der Waals surface area contributed by atoms with Crippen LogP contribution in [0.4, 0.5) is 5.69 Å². The molecular formula is C28H34N4O4. The molecule has 1 fully saturated rings. The van der Waals surface area contributed by atoms with Crippen molar-refractivity contribution in [2.45, 2.75) is 75.9 Å². The van der Waals surface area contributed by atoms with Gasteiger partial charge in [-0.2, -0.15) is 0 Å². The zero-order valence-electron chi connectivity index (χ0n) is 20.4. The molecule has 190 valence electrons. The number of hydrogen-bond donors (Lipinski definition) is 3. The third-order valence-electron chi connectivity index (χ3n) is 7.09. The first kappa shape index (κ1) is 25.4. The predicted octanol–water partition coefficient (Wildman–Crippen LogP) is 3.17. The highest BCUT2D eigenvalue weighted by Gasteiger charge is 2.42. The van der Waals surface area contributed by atoms with Crippen LogP contribution in [0.3, 0.4) is 0 Å². The van der Waals surface area contributed by atoms with Crippen LogP contribution in [-0.2, 0) is 20.8 Å². The van der Waals surface area contributed by atoms with Crippen molar-refractivity contribution in [3.05, 3.63) is 65.7 Å². The van der Waals surface area contributed by atoms with Gasteiger partial charge in [-0.05, 0) is 49.8 Å². The number of benzene rings is 2. The largest absolute Gasteiger partial charge is 0.370 e. The third-order valence-corrected chi connectivity index (χ3v) is 7.09. The molecule has 2 aliphatic rings. The Morgan fingerprint density at radius 1 is 1.00 bits per heavy atom. The van der Waals surface area contributed by atoms with Crippen molar-refractivity contribution < 1.29 is 19.2 Å². The second-order valence-corrected chi connectivity index (χ2v) is 9.65. The first-order valence-electron chi connectivity index (χ1n) is 12.8. The highest BCUT2D eigenvalue weighted by atomic mass is 16.2. The molecule has 1 heterocycles. The quantitative estimate of drug-likeness (QED) is 0.500. The van der Waals surface area contributed by atoms with Crippen molar-refractivity contribution in [3.8, 4) is 0 Å². The fourth-order valence-corrected chi connectivity index (χ4v) is 5.20. The molecule has 36 heavy (non-hydrogen) atoms. The van der Waals surface area contributed by atoms with Crippen LogP contribution in [0.15, 0.2) is 54.6 Å². The van der Waals surface area contributed by atoms with Gasteiger partial charge in [0.15, 0.2) is 0 Å². The maximum atomic E-state index is 13.9. The van der Waals surface area contributed by atoms with Gasteiger partial charge in [-0.15, -0.1) is 0 Å². The average molecular weight is 491 g/mol. The van der Waals surface area contributed by atoms with E-state index in [2.05, 4.69) is 10.6 Å². The predicted molar refractivity (Wildman–Crippen MR) is 137 cm³/mol. The topological polar surface area (TPSA) is 122 Å². The lowest BCUT2D eigenvalue weighted by atomic mass is 9.94. The molecular weight excluding hydrogens is 456 g/mol. The summed E-state index contributed by atoms with van der Waals surface area (Å²) in [5, 5.41) is 5.98. The fourth-order valence-electron chi connectivity index (χ4n) is 5.20. The highest BCUT2D eigenvalue weighted by molar-refractivity contribution is 6.11. The van der Waals surface area contributed by atoms with Gasteiger partial charge >= 0.3 is 0 Å². The number of rotatable bonds is 9. The molecule has 0 saturated heterocycles. The molecule has 2 aromatic rings. The Hall–Kier alpha value is -3.68. The average Bonchev–Trinajstić information content (AvgIpc) is 2.98. The number of aryl methyl sites for hydroxylation is 1. The summed E-state index contributed by atoms with van der Waals surface area (Å²) in [6.07, 6.45) is 5.93. The maximum absolute atomic E-state index is 13.9. The maximum Gasteiger partial charge on any atom is 0.257 e. The number of amides is 4. The standard InChI is InChI=1S/C28H34N4O4/c29-25(33)18-17-24-27(35)31-22-14-8-7-13-21(22)28(36)32(24)23(16-15-19-9-3-1-4-10-19)26(34)30-20-11-5-2-6-12-20/h1,3-4,7-10,13-14,20,23-24H,2,5-6,11-12,15-18H2,(H2,29,33)(H,30,34)(H,31,35). The van der Waals surface area contributed by atoms with Gasteiger partial charge in [-0.1, -0.05) is 61.7 Å². The smallest absolute Gasteiger partial charge is 0.257 e. The van der Waals surface area contributed by atoms with Crippen LogP contribution in [0.1, 0.15) is 67.3 Å². The van der Waals surface area contributed by atoms with Gasteiger partial charge < -0.3 is 21.3 Å². The molecule has 4 N–H and O–H groups in total. The van der Waals surface area contributed by atoms with Crippen molar-refractivity contribution in [3.63, 3.8) is 0 Å². The number of carbonyl (C=O) groups excluding carboxylic acids is 4. The van der Waals surface area contributed by atoms with E-state index in [1.54, 1.807) is 24.3 Å². The molecule has 0 aromatic heterocycles. The van der Waals surface area contributed by atoms with Crippen molar-refractivity contribution >= 4 is 29.3 Å². The van der Waals surface area contributed by atoms with E-state index in [0.717, 1.165) is 37.7 Å². The molecule has 1 aliphatic carbocycles. The Kier molecular flexibility index (Phi) is 8.36. The number of hydrogen-bond acceptors (Lipinski definition) is 4. The number of nitrogens with one attached hydrogen (secondary N) is 2. The number of nitrogens with zero attached hydrogens (tertiary/aromatic N) is 1. The normalized spacial score (nSPS) is 19.1. The summed E-state index contributed by atoms with van der Waals surface area (Å²) in [7, 11) is 0. The van der Waals surface area contributed by atoms with E-state index in [1.807, 2.05) is 30.3 Å². The van der Waals surface area contributed by atoms with Gasteiger partial charge in [0, 0.05) is 12.5 Å². The van der Waals surface area contributed by atoms with Crippen molar-refractivity contribution in [2.75, 3.05) is 5.32 Å².